The molecular weight excluding hydrogens is 322 g/mol. The van der Waals surface area contributed by atoms with Gasteiger partial charge >= 0.3 is 0 Å². The molecule has 2 rings (SSSR count). The highest BCUT2D eigenvalue weighted by Crippen LogP contribution is 2.17. The van der Waals surface area contributed by atoms with E-state index in [9.17, 15) is 8.42 Å². The molecule has 0 unspecified atom stereocenters. The van der Waals surface area contributed by atoms with E-state index in [1.807, 2.05) is 24.3 Å². The zero-order valence-corrected chi connectivity index (χ0v) is 14.3. The van der Waals surface area contributed by atoms with E-state index in [4.69, 9.17) is 11.2 Å². The molecule has 0 fully saturated rings. The largest absolute Gasteiger partial charge is 0.481 e. The van der Waals surface area contributed by atoms with Crippen molar-refractivity contribution in [2.24, 2.45) is 0 Å². The maximum Gasteiger partial charge on any atom is 0.178 e. The predicted octanol–water partition coefficient (Wildman–Crippen LogP) is 2.65. The average Bonchev–Trinajstić information content (AvgIpc) is 2.61. The number of hydrogen-bond donors (Lipinski definition) is 1. The molecule has 0 aliphatic carbocycles. The molecule has 1 N–H and O–H groups in total. The summed E-state index contributed by atoms with van der Waals surface area (Å²) in [5, 5.41) is 3.25. The van der Waals surface area contributed by atoms with Crippen molar-refractivity contribution in [3.63, 3.8) is 0 Å². The van der Waals surface area contributed by atoms with E-state index in [-0.39, 0.29) is 12.4 Å². The highest BCUT2D eigenvalue weighted by atomic mass is 32.2. The normalized spacial score (nSPS) is 11.0. The summed E-state index contributed by atoms with van der Waals surface area (Å²) >= 11 is 0. The van der Waals surface area contributed by atoms with Crippen molar-refractivity contribution in [3.05, 3.63) is 60.2 Å². The number of sulfone groups is 1. The van der Waals surface area contributed by atoms with Crippen molar-refractivity contribution in [3.8, 4) is 18.1 Å². The van der Waals surface area contributed by atoms with Gasteiger partial charge in [-0.05, 0) is 31.2 Å². The van der Waals surface area contributed by atoms with E-state index >= 15 is 0 Å². The first-order chi connectivity index (χ1) is 11.6. The lowest BCUT2D eigenvalue weighted by Gasteiger charge is -2.10. The van der Waals surface area contributed by atoms with E-state index in [1.165, 1.54) is 0 Å². The van der Waals surface area contributed by atoms with Crippen molar-refractivity contribution >= 4 is 9.84 Å². The van der Waals surface area contributed by atoms with Crippen LogP contribution in [-0.2, 0) is 16.4 Å². The molecule has 0 saturated carbocycles. The number of para-hydroxylation sites is 1. The molecule has 5 heteroatoms. The maximum absolute atomic E-state index is 12.2. The molecule has 0 atom stereocenters. The highest BCUT2D eigenvalue weighted by Gasteiger charge is 2.12. The van der Waals surface area contributed by atoms with Crippen LogP contribution in [0.3, 0.4) is 0 Å². The molecule has 0 aliphatic rings. The fourth-order valence-electron chi connectivity index (χ4n) is 2.27. The summed E-state index contributed by atoms with van der Waals surface area (Å²) in [5.74, 6) is 3.32. The molecule has 0 heterocycles. The second-order valence-electron chi connectivity index (χ2n) is 5.26. The van der Waals surface area contributed by atoms with Gasteiger partial charge in [0.15, 0.2) is 9.84 Å². The van der Waals surface area contributed by atoms with Crippen LogP contribution in [-0.4, -0.2) is 27.3 Å². The first-order valence-electron chi connectivity index (χ1n) is 7.76. The SMILES string of the molecule is C#CCOc1ccccc1CNCCCS(=O)(=O)c1ccccc1. The molecule has 2 aromatic rings. The number of terminal acetylenes is 1. The molecule has 24 heavy (non-hydrogen) atoms. The third kappa shape index (κ3) is 5.41. The lowest BCUT2D eigenvalue weighted by Crippen LogP contribution is -2.19. The van der Waals surface area contributed by atoms with Crippen molar-refractivity contribution in [1.29, 1.82) is 0 Å². The predicted molar refractivity (Wildman–Crippen MR) is 95.6 cm³/mol. The molecule has 126 valence electrons. The fourth-order valence-corrected chi connectivity index (χ4v) is 3.60. The number of hydrogen-bond acceptors (Lipinski definition) is 4. The van der Waals surface area contributed by atoms with Gasteiger partial charge in [0, 0.05) is 12.1 Å². The van der Waals surface area contributed by atoms with Crippen LogP contribution in [0, 0.1) is 12.3 Å². The lowest BCUT2D eigenvalue weighted by atomic mass is 10.2. The standard InChI is InChI=1S/C19H21NO3S/c1-2-14-23-19-12-7-6-9-17(19)16-20-13-8-15-24(21,22)18-10-4-3-5-11-18/h1,3-7,9-12,20H,8,13-16H2. The molecule has 4 nitrogen and oxygen atoms in total. The van der Waals surface area contributed by atoms with E-state index in [0.717, 1.165) is 11.3 Å². The Labute approximate surface area is 143 Å². The molecule has 0 aliphatic heterocycles. The Morgan fingerprint density at radius 1 is 1.04 bits per heavy atom. The number of ether oxygens (including phenoxy) is 1. The number of rotatable bonds is 9. The highest BCUT2D eigenvalue weighted by molar-refractivity contribution is 7.91. The van der Waals surface area contributed by atoms with Gasteiger partial charge in [-0.25, -0.2) is 8.42 Å². The van der Waals surface area contributed by atoms with Crippen LogP contribution >= 0.6 is 0 Å². The maximum atomic E-state index is 12.2. The summed E-state index contributed by atoms with van der Waals surface area (Å²) in [6, 6.07) is 16.2. The summed E-state index contributed by atoms with van der Waals surface area (Å²) in [7, 11) is -3.21. The van der Waals surface area contributed by atoms with Crippen molar-refractivity contribution in [2.45, 2.75) is 17.9 Å². The van der Waals surface area contributed by atoms with Crippen molar-refractivity contribution in [1.82, 2.24) is 5.32 Å². The second-order valence-corrected chi connectivity index (χ2v) is 7.37. The third-order valence-corrected chi connectivity index (χ3v) is 5.28. The molecule has 0 bridgehead atoms. The molecule has 2 aromatic carbocycles. The van der Waals surface area contributed by atoms with Crippen LogP contribution in [0.4, 0.5) is 0 Å². The van der Waals surface area contributed by atoms with Gasteiger partial charge < -0.3 is 10.1 Å². The van der Waals surface area contributed by atoms with Gasteiger partial charge in [-0.3, -0.25) is 0 Å². The lowest BCUT2D eigenvalue weighted by molar-refractivity contribution is 0.365. The van der Waals surface area contributed by atoms with Crippen LogP contribution in [0.2, 0.25) is 0 Å². The Morgan fingerprint density at radius 3 is 2.50 bits per heavy atom. The van der Waals surface area contributed by atoms with Gasteiger partial charge in [-0.15, -0.1) is 6.42 Å². The molecular formula is C19H21NO3S. The van der Waals surface area contributed by atoms with Crippen LogP contribution in [0.5, 0.6) is 5.75 Å². The van der Waals surface area contributed by atoms with Gasteiger partial charge in [0.05, 0.1) is 10.6 Å². The van der Waals surface area contributed by atoms with Crippen LogP contribution in [0.1, 0.15) is 12.0 Å². The van der Waals surface area contributed by atoms with Gasteiger partial charge in [-0.2, -0.15) is 0 Å². The Bertz CT molecular complexity index is 780. The topological polar surface area (TPSA) is 55.4 Å². The molecule has 0 aromatic heterocycles. The number of benzene rings is 2. The van der Waals surface area contributed by atoms with Crippen molar-refractivity contribution < 1.29 is 13.2 Å². The van der Waals surface area contributed by atoms with Gasteiger partial charge in [0.25, 0.3) is 0 Å². The van der Waals surface area contributed by atoms with Crippen LogP contribution in [0.15, 0.2) is 59.5 Å². The molecule has 0 radical (unpaired) electrons. The molecule has 0 saturated heterocycles. The minimum absolute atomic E-state index is 0.124. The van der Waals surface area contributed by atoms with Gasteiger partial charge in [0.2, 0.25) is 0 Å². The van der Waals surface area contributed by atoms with E-state index in [0.29, 0.717) is 24.4 Å². The molecule has 0 spiro atoms. The smallest absolute Gasteiger partial charge is 0.178 e. The van der Waals surface area contributed by atoms with Crippen molar-refractivity contribution in [2.75, 3.05) is 18.9 Å². The first-order valence-corrected chi connectivity index (χ1v) is 9.41. The summed E-state index contributed by atoms with van der Waals surface area (Å²) in [5.41, 5.74) is 0.999. The molecule has 0 amide bonds. The minimum Gasteiger partial charge on any atom is -0.481 e. The summed E-state index contributed by atoms with van der Waals surface area (Å²) in [6.45, 7) is 1.44. The monoisotopic (exact) mass is 343 g/mol. The van der Waals surface area contributed by atoms with E-state index in [2.05, 4.69) is 11.2 Å². The van der Waals surface area contributed by atoms with Gasteiger partial charge in [-0.1, -0.05) is 42.3 Å². The quantitative estimate of drug-likeness (QED) is 0.562. The summed E-state index contributed by atoms with van der Waals surface area (Å²) in [4.78, 5) is 0.373. The second kappa shape index (κ2) is 9.11. The third-order valence-electron chi connectivity index (χ3n) is 3.47. The zero-order valence-electron chi connectivity index (χ0n) is 13.4. The minimum atomic E-state index is -3.21. The fraction of sp³-hybridized carbons (Fsp3) is 0.263. The Morgan fingerprint density at radius 2 is 1.75 bits per heavy atom. The van der Waals surface area contributed by atoms with Gasteiger partial charge in [0.1, 0.15) is 12.4 Å². The van der Waals surface area contributed by atoms with Crippen LogP contribution in [0.25, 0.3) is 0 Å². The Balaban J connectivity index is 1.79. The average molecular weight is 343 g/mol. The summed E-state index contributed by atoms with van der Waals surface area (Å²) in [6.07, 6.45) is 5.75. The Hall–Kier alpha value is -2.29. The Kier molecular flexibility index (Phi) is 6.86. The number of nitrogens with one attached hydrogen (secondary N) is 1. The van der Waals surface area contributed by atoms with Crippen LogP contribution < -0.4 is 10.1 Å². The van der Waals surface area contributed by atoms with E-state index in [1.54, 1.807) is 30.3 Å². The first kappa shape index (κ1) is 18.1. The zero-order chi connectivity index (χ0) is 17.3. The van der Waals surface area contributed by atoms with E-state index < -0.39 is 9.84 Å². The summed E-state index contributed by atoms with van der Waals surface area (Å²) < 4.78 is 29.8.